The second-order valence-electron chi connectivity index (χ2n) is 4.87. The van der Waals surface area contributed by atoms with Crippen LogP contribution in [0, 0.1) is 0 Å². The van der Waals surface area contributed by atoms with Gasteiger partial charge in [0.05, 0.1) is 10.9 Å². The van der Waals surface area contributed by atoms with E-state index in [9.17, 15) is 8.42 Å². The van der Waals surface area contributed by atoms with Crippen LogP contribution in [0.1, 0.15) is 24.9 Å². The Morgan fingerprint density at radius 3 is 2.36 bits per heavy atom. The lowest BCUT2D eigenvalue weighted by Crippen LogP contribution is -2.18. The number of sulfonamides is 1. The van der Waals surface area contributed by atoms with Crippen molar-refractivity contribution in [3.63, 3.8) is 0 Å². The zero-order valence-corrected chi connectivity index (χ0v) is 14.9. The summed E-state index contributed by atoms with van der Waals surface area (Å²) in [6, 6.07) is 15.3. The van der Waals surface area contributed by atoms with Gasteiger partial charge in [0.1, 0.15) is 0 Å². The fourth-order valence-corrected chi connectivity index (χ4v) is 3.59. The Morgan fingerprint density at radius 2 is 1.82 bits per heavy atom. The molecule has 2 rings (SSSR count). The van der Waals surface area contributed by atoms with Crippen LogP contribution in [0.3, 0.4) is 0 Å². The smallest absolute Gasteiger partial charge is 0.240 e. The summed E-state index contributed by atoms with van der Waals surface area (Å²) in [7, 11) is -2.03. The molecule has 0 aliphatic heterocycles. The van der Waals surface area contributed by atoms with Crippen molar-refractivity contribution in [2.45, 2.75) is 24.3 Å². The maximum atomic E-state index is 11.8. The van der Waals surface area contributed by atoms with Crippen molar-refractivity contribution in [2.75, 3.05) is 12.4 Å². The summed E-state index contributed by atoms with van der Waals surface area (Å²) >= 11 is 3.44. The van der Waals surface area contributed by atoms with E-state index in [4.69, 9.17) is 0 Å². The first kappa shape index (κ1) is 17.0. The van der Waals surface area contributed by atoms with Crippen LogP contribution in [0.2, 0.25) is 0 Å². The molecule has 0 saturated carbocycles. The Morgan fingerprint density at radius 1 is 1.14 bits per heavy atom. The van der Waals surface area contributed by atoms with Crippen molar-refractivity contribution in [1.29, 1.82) is 0 Å². The fraction of sp³-hybridized carbons (Fsp3) is 0.250. The summed E-state index contributed by atoms with van der Waals surface area (Å²) in [5.41, 5.74) is 2.06. The zero-order valence-electron chi connectivity index (χ0n) is 12.5. The normalized spacial score (nSPS) is 12.9. The fourth-order valence-electron chi connectivity index (χ4n) is 2.19. The van der Waals surface area contributed by atoms with Gasteiger partial charge in [0, 0.05) is 10.2 Å². The van der Waals surface area contributed by atoms with Crippen molar-refractivity contribution < 1.29 is 8.42 Å². The molecule has 1 atom stereocenters. The lowest BCUT2D eigenvalue weighted by atomic mass is 10.0. The predicted molar refractivity (Wildman–Crippen MR) is 93.5 cm³/mol. The Hall–Kier alpha value is -1.37. The Labute approximate surface area is 140 Å². The number of halogens is 1. The molecular weight excluding hydrogens is 364 g/mol. The van der Waals surface area contributed by atoms with E-state index in [2.05, 4.69) is 45.0 Å². The maximum Gasteiger partial charge on any atom is 0.240 e. The van der Waals surface area contributed by atoms with Crippen LogP contribution in [0.5, 0.6) is 0 Å². The molecule has 0 radical (unpaired) electrons. The molecule has 118 valence electrons. The summed E-state index contributed by atoms with van der Waals surface area (Å²) in [6.07, 6.45) is 0.924. The van der Waals surface area contributed by atoms with Gasteiger partial charge in [0.25, 0.3) is 0 Å². The van der Waals surface area contributed by atoms with E-state index in [-0.39, 0.29) is 10.9 Å². The lowest BCUT2D eigenvalue weighted by molar-refractivity contribution is 0.588. The highest BCUT2D eigenvalue weighted by Gasteiger charge is 2.15. The predicted octanol–water partition coefficient (Wildman–Crippen LogP) is 3.92. The Balaban J connectivity index is 2.27. The van der Waals surface area contributed by atoms with Gasteiger partial charge in [0.15, 0.2) is 0 Å². The summed E-state index contributed by atoms with van der Waals surface area (Å²) in [5, 5.41) is 3.45. The molecular formula is C16H19BrN2O2S. The molecule has 2 N–H and O–H groups in total. The molecule has 0 spiro atoms. The molecule has 0 aliphatic carbocycles. The quantitative estimate of drug-likeness (QED) is 0.795. The van der Waals surface area contributed by atoms with Crippen molar-refractivity contribution in [3.05, 3.63) is 58.6 Å². The second kappa shape index (κ2) is 7.26. The van der Waals surface area contributed by atoms with Gasteiger partial charge < -0.3 is 5.32 Å². The molecule has 0 amide bonds. The monoisotopic (exact) mass is 382 g/mol. The highest BCUT2D eigenvalue weighted by atomic mass is 79.9. The maximum absolute atomic E-state index is 11.8. The topological polar surface area (TPSA) is 58.2 Å². The summed E-state index contributed by atoms with van der Waals surface area (Å²) in [6.45, 7) is 2.11. The van der Waals surface area contributed by atoms with Crippen LogP contribution in [-0.2, 0) is 10.0 Å². The van der Waals surface area contributed by atoms with Crippen LogP contribution in [0.4, 0.5) is 5.69 Å². The van der Waals surface area contributed by atoms with E-state index in [1.54, 1.807) is 18.2 Å². The molecule has 0 aliphatic rings. The third-order valence-corrected chi connectivity index (χ3v) is 5.53. The minimum atomic E-state index is -3.43. The highest BCUT2D eigenvalue weighted by molar-refractivity contribution is 9.10. The molecule has 4 nitrogen and oxygen atoms in total. The number of hydrogen-bond acceptors (Lipinski definition) is 3. The number of hydrogen-bond donors (Lipinski definition) is 2. The second-order valence-corrected chi connectivity index (χ2v) is 7.61. The number of benzene rings is 2. The van der Waals surface area contributed by atoms with Gasteiger partial charge in [-0.05, 0) is 53.2 Å². The van der Waals surface area contributed by atoms with Crippen molar-refractivity contribution in [1.82, 2.24) is 4.72 Å². The first-order valence-electron chi connectivity index (χ1n) is 7.02. The first-order valence-corrected chi connectivity index (χ1v) is 9.30. The van der Waals surface area contributed by atoms with Crippen LogP contribution < -0.4 is 10.0 Å². The Kier molecular flexibility index (Phi) is 5.61. The van der Waals surface area contributed by atoms with E-state index in [0.29, 0.717) is 0 Å². The van der Waals surface area contributed by atoms with Crippen LogP contribution in [0.25, 0.3) is 0 Å². The average Bonchev–Trinajstić information content (AvgIpc) is 2.54. The van der Waals surface area contributed by atoms with Gasteiger partial charge in [-0.15, -0.1) is 0 Å². The zero-order chi connectivity index (χ0) is 16.2. The minimum Gasteiger partial charge on any atom is -0.377 e. The lowest BCUT2D eigenvalue weighted by Gasteiger charge is -2.20. The van der Waals surface area contributed by atoms with E-state index in [0.717, 1.165) is 16.6 Å². The largest absolute Gasteiger partial charge is 0.377 e. The van der Waals surface area contributed by atoms with Crippen molar-refractivity contribution in [3.8, 4) is 0 Å². The van der Waals surface area contributed by atoms with Crippen LogP contribution >= 0.6 is 15.9 Å². The van der Waals surface area contributed by atoms with Gasteiger partial charge in [-0.3, -0.25) is 0 Å². The van der Waals surface area contributed by atoms with E-state index in [1.807, 2.05) is 18.2 Å². The van der Waals surface area contributed by atoms with Crippen molar-refractivity contribution in [2.24, 2.45) is 0 Å². The SMILES string of the molecule is CCC(Nc1ccc(S(=O)(=O)NC)cc1Br)c1ccccc1. The van der Waals surface area contributed by atoms with Gasteiger partial charge >= 0.3 is 0 Å². The van der Waals surface area contributed by atoms with Crippen LogP contribution in [-0.4, -0.2) is 15.5 Å². The molecule has 0 saturated heterocycles. The van der Waals surface area contributed by atoms with Gasteiger partial charge in [-0.2, -0.15) is 0 Å². The third kappa shape index (κ3) is 3.88. The standard InChI is InChI=1S/C16H19BrN2O2S/c1-3-15(12-7-5-4-6-8-12)19-16-10-9-13(11-14(16)17)22(20,21)18-2/h4-11,15,18-19H,3H2,1-2H3. The number of nitrogens with one attached hydrogen (secondary N) is 2. The van der Waals surface area contributed by atoms with E-state index in [1.165, 1.54) is 12.6 Å². The number of rotatable bonds is 6. The molecule has 0 bridgehead atoms. The molecule has 2 aromatic carbocycles. The highest BCUT2D eigenvalue weighted by Crippen LogP contribution is 2.30. The number of anilines is 1. The van der Waals surface area contributed by atoms with Crippen LogP contribution in [0.15, 0.2) is 57.9 Å². The van der Waals surface area contributed by atoms with Gasteiger partial charge in [-0.1, -0.05) is 37.3 Å². The minimum absolute atomic E-state index is 0.171. The third-order valence-electron chi connectivity index (χ3n) is 3.46. The molecule has 2 aromatic rings. The van der Waals surface area contributed by atoms with E-state index >= 15 is 0 Å². The van der Waals surface area contributed by atoms with E-state index < -0.39 is 10.0 Å². The molecule has 1 unspecified atom stereocenters. The molecule has 0 aromatic heterocycles. The van der Waals surface area contributed by atoms with Crippen molar-refractivity contribution >= 4 is 31.6 Å². The molecule has 0 heterocycles. The summed E-state index contributed by atoms with van der Waals surface area (Å²) < 4.78 is 26.7. The summed E-state index contributed by atoms with van der Waals surface area (Å²) in [4.78, 5) is 0.236. The van der Waals surface area contributed by atoms with Gasteiger partial charge in [-0.25, -0.2) is 13.1 Å². The summed E-state index contributed by atoms with van der Waals surface area (Å²) in [5.74, 6) is 0. The first-order chi connectivity index (χ1) is 10.5. The van der Waals surface area contributed by atoms with Gasteiger partial charge in [0.2, 0.25) is 10.0 Å². The Bertz CT molecular complexity index is 733. The molecule has 22 heavy (non-hydrogen) atoms. The molecule has 0 fully saturated rings. The average molecular weight is 383 g/mol. The molecule has 6 heteroatoms.